The molecule has 1 aromatic heterocycles. The van der Waals surface area contributed by atoms with Gasteiger partial charge in [0.05, 0.1) is 11.6 Å². The van der Waals surface area contributed by atoms with Crippen LogP contribution < -0.4 is 10.6 Å². The molecule has 6 heteroatoms. The van der Waals surface area contributed by atoms with Crippen molar-refractivity contribution in [1.82, 2.24) is 15.8 Å². The second-order valence-corrected chi connectivity index (χ2v) is 3.54. The lowest BCUT2D eigenvalue weighted by Gasteiger charge is -2.23. The number of aromatic nitrogens is 1. The largest absolute Gasteiger partial charge is 0.361 e. The number of aryl methyl sites for hydroxylation is 1. The maximum atomic E-state index is 11.3. The SMILES string of the molecule is CC1=C(C#N)C(c2cc(C)on2)NC(=O)N1. The molecule has 0 spiro atoms. The van der Waals surface area contributed by atoms with Gasteiger partial charge in [-0.3, -0.25) is 0 Å². The summed E-state index contributed by atoms with van der Waals surface area (Å²) in [5.41, 5.74) is 1.51. The third-order valence-corrected chi connectivity index (χ3v) is 2.33. The van der Waals surface area contributed by atoms with Crippen LogP contribution in [0.5, 0.6) is 0 Å². The van der Waals surface area contributed by atoms with E-state index in [1.54, 1.807) is 19.9 Å². The van der Waals surface area contributed by atoms with Gasteiger partial charge in [0.2, 0.25) is 0 Å². The van der Waals surface area contributed by atoms with Crippen molar-refractivity contribution in [3.8, 4) is 6.07 Å². The second kappa shape index (κ2) is 3.70. The number of amides is 2. The van der Waals surface area contributed by atoms with Crippen LogP contribution in [-0.2, 0) is 0 Å². The van der Waals surface area contributed by atoms with Crippen LogP contribution in [0.4, 0.5) is 4.79 Å². The van der Waals surface area contributed by atoms with E-state index in [9.17, 15) is 4.79 Å². The van der Waals surface area contributed by atoms with Crippen molar-refractivity contribution in [2.45, 2.75) is 19.9 Å². The Morgan fingerprint density at radius 2 is 2.31 bits per heavy atom. The predicted molar refractivity (Wildman–Crippen MR) is 54.0 cm³/mol. The van der Waals surface area contributed by atoms with Gasteiger partial charge >= 0.3 is 6.03 Å². The average Bonchev–Trinajstić information content (AvgIpc) is 2.63. The smallest absolute Gasteiger partial charge is 0.319 e. The Labute approximate surface area is 91.9 Å². The molecule has 1 aliphatic heterocycles. The fraction of sp³-hybridized carbons (Fsp3) is 0.300. The van der Waals surface area contributed by atoms with Crippen LogP contribution in [0.15, 0.2) is 21.9 Å². The number of nitrogens with zero attached hydrogens (tertiary/aromatic N) is 2. The standard InChI is InChI=1S/C10H10N4O2/c1-5-3-8(14-16-5)9-7(4-11)6(2)12-10(15)13-9/h3,9H,1-2H3,(H2,12,13,15). The number of carbonyl (C=O) groups is 1. The second-order valence-electron chi connectivity index (χ2n) is 3.54. The lowest BCUT2D eigenvalue weighted by Crippen LogP contribution is -2.43. The average molecular weight is 218 g/mol. The number of hydrogen-bond acceptors (Lipinski definition) is 4. The van der Waals surface area contributed by atoms with E-state index in [2.05, 4.69) is 21.9 Å². The number of nitriles is 1. The van der Waals surface area contributed by atoms with Crippen LogP contribution in [0.3, 0.4) is 0 Å². The molecule has 0 fully saturated rings. The van der Waals surface area contributed by atoms with Crippen LogP contribution in [0.2, 0.25) is 0 Å². The summed E-state index contributed by atoms with van der Waals surface area (Å²) in [6.07, 6.45) is 0. The van der Waals surface area contributed by atoms with Gasteiger partial charge < -0.3 is 15.2 Å². The molecule has 16 heavy (non-hydrogen) atoms. The van der Waals surface area contributed by atoms with E-state index in [1.165, 1.54) is 0 Å². The lowest BCUT2D eigenvalue weighted by molar-refractivity contribution is 0.238. The van der Waals surface area contributed by atoms with Gasteiger partial charge in [0, 0.05) is 11.8 Å². The van der Waals surface area contributed by atoms with E-state index < -0.39 is 6.04 Å². The Morgan fingerprint density at radius 1 is 1.56 bits per heavy atom. The summed E-state index contributed by atoms with van der Waals surface area (Å²) in [5.74, 6) is 0.637. The molecule has 6 nitrogen and oxygen atoms in total. The fourth-order valence-electron chi connectivity index (χ4n) is 1.59. The summed E-state index contributed by atoms with van der Waals surface area (Å²) in [6, 6.07) is 2.87. The highest BCUT2D eigenvalue weighted by molar-refractivity contribution is 5.79. The molecule has 2 amide bonds. The first-order valence-electron chi connectivity index (χ1n) is 4.73. The molecular formula is C10H10N4O2. The van der Waals surface area contributed by atoms with Crippen LogP contribution >= 0.6 is 0 Å². The van der Waals surface area contributed by atoms with Crippen molar-refractivity contribution in [1.29, 1.82) is 5.26 Å². The van der Waals surface area contributed by atoms with Crippen molar-refractivity contribution in [3.63, 3.8) is 0 Å². The number of nitrogens with one attached hydrogen (secondary N) is 2. The molecule has 0 radical (unpaired) electrons. The number of carbonyl (C=O) groups excluding carboxylic acids is 1. The van der Waals surface area contributed by atoms with E-state index in [-0.39, 0.29) is 6.03 Å². The van der Waals surface area contributed by atoms with Crippen molar-refractivity contribution in [2.24, 2.45) is 0 Å². The molecule has 0 aromatic carbocycles. The van der Waals surface area contributed by atoms with Gasteiger partial charge in [0.1, 0.15) is 17.5 Å². The minimum atomic E-state index is -0.531. The van der Waals surface area contributed by atoms with E-state index in [0.29, 0.717) is 22.7 Å². The van der Waals surface area contributed by atoms with Crippen molar-refractivity contribution < 1.29 is 9.32 Å². The zero-order valence-electron chi connectivity index (χ0n) is 8.87. The lowest BCUT2D eigenvalue weighted by atomic mass is 10.0. The molecule has 2 rings (SSSR count). The molecule has 2 N–H and O–H groups in total. The molecule has 0 saturated carbocycles. The van der Waals surface area contributed by atoms with Crippen molar-refractivity contribution in [3.05, 3.63) is 28.8 Å². The molecule has 0 saturated heterocycles. The molecule has 1 unspecified atom stereocenters. The van der Waals surface area contributed by atoms with Gasteiger partial charge in [-0.2, -0.15) is 5.26 Å². The fourth-order valence-corrected chi connectivity index (χ4v) is 1.59. The first-order valence-corrected chi connectivity index (χ1v) is 4.73. The van der Waals surface area contributed by atoms with Gasteiger partial charge in [-0.25, -0.2) is 4.79 Å². The van der Waals surface area contributed by atoms with Gasteiger partial charge in [-0.1, -0.05) is 5.16 Å². The maximum absolute atomic E-state index is 11.3. The first-order chi connectivity index (χ1) is 7.61. The predicted octanol–water partition coefficient (Wildman–Crippen LogP) is 1.13. The van der Waals surface area contributed by atoms with E-state index in [1.807, 2.05) is 0 Å². The Morgan fingerprint density at radius 3 is 2.88 bits per heavy atom. The van der Waals surface area contributed by atoms with E-state index >= 15 is 0 Å². The molecule has 82 valence electrons. The van der Waals surface area contributed by atoms with Gasteiger partial charge in [0.15, 0.2) is 0 Å². The van der Waals surface area contributed by atoms with Gasteiger partial charge in [-0.15, -0.1) is 0 Å². The maximum Gasteiger partial charge on any atom is 0.319 e. The summed E-state index contributed by atoms with van der Waals surface area (Å²) >= 11 is 0. The first kappa shape index (κ1) is 10.2. The summed E-state index contributed by atoms with van der Waals surface area (Å²) in [5, 5.41) is 18.0. The minimum Gasteiger partial charge on any atom is -0.361 e. The van der Waals surface area contributed by atoms with Gasteiger partial charge in [0.25, 0.3) is 0 Å². The Bertz CT molecular complexity index is 509. The Balaban J connectivity index is 2.44. The summed E-state index contributed by atoms with van der Waals surface area (Å²) in [7, 11) is 0. The highest BCUT2D eigenvalue weighted by atomic mass is 16.5. The summed E-state index contributed by atoms with van der Waals surface area (Å²) in [6.45, 7) is 3.43. The molecule has 1 atom stereocenters. The normalized spacial score (nSPS) is 20.1. The zero-order chi connectivity index (χ0) is 11.7. The van der Waals surface area contributed by atoms with Crippen LogP contribution in [-0.4, -0.2) is 11.2 Å². The summed E-state index contributed by atoms with van der Waals surface area (Å²) in [4.78, 5) is 11.3. The van der Waals surface area contributed by atoms with Crippen molar-refractivity contribution in [2.75, 3.05) is 0 Å². The topological polar surface area (TPSA) is 91.0 Å². The number of rotatable bonds is 1. The number of allylic oxidation sites excluding steroid dienone is 1. The highest BCUT2D eigenvalue weighted by Gasteiger charge is 2.28. The molecule has 1 aliphatic rings. The summed E-state index contributed by atoms with van der Waals surface area (Å²) < 4.78 is 4.93. The van der Waals surface area contributed by atoms with E-state index in [4.69, 9.17) is 9.78 Å². The van der Waals surface area contributed by atoms with Crippen molar-refractivity contribution >= 4 is 6.03 Å². The zero-order valence-corrected chi connectivity index (χ0v) is 8.87. The number of urea groups is 1. The molecular weight excluding hydrogens is 208 g/mol. The molecule has 1 aromatic rings. The molecule has 0 bridgehead atoms. The molecule has 2 heterocycles. The van der Waals surface area contributed by atoms with Crippen LogP contribution in [0.1, 0.15) is 24.4 Å². The molecule has 0 aliphatic carbocycles. The minimum absolute atomic E-state index is 0.345. The van der Waals surface area contributed by atoms with E-state index in [0.717, 1.165) is 0 Å². The van der Waals surface area contributed by atoms with Gasteiger partial charge in [-0.05, 0) is 13.8 Å². The number of hydrogen-bond donors (Lipinski definition) is 2. The highest BCUT2D eigenvalue weighted by Crippen LogP contribution is 2.25. The Kier molecular flexibility index (Phi) is 2.37. The monoisotopic (exact) mass is 218 g/mol. The van der Waals surface area contributed by atoms with Crippen LogP contribution in [0.25, 0.3) is 0 Å². The third kappa shape index (κ3) is 1.63. The third-order valence-electron chi connectivity index (χ3n) is 2.33. The quantitative estimate of drug-likeness (QED) is 0.739. The Hall–Kier alpha value is -2.29. The van der Waals surface area contributed by atoms with Crippen LogP contribution in [0, 0.1) is 18.3 Å².